The number of esters is 4. The lowest BCUT2D eigenvalue weighted by atomic mass is 9.87. The molecular weight excluding hydrogens is 436 g/mol. The van der Waals surface area contributed by atoms with Crippen molar-refractivity contribution in [3.63, 3.8) is 0 Å². The number of rotatable bonds is 9. The molecule has 1 aliphatic carbocycles. The first-order chi connectivity index (χ1) is 15.5. The molecule has 2 rings (SSSR count). The van der Waals surface area contributed by atoms with Crippen molar-refractivity contribution in [1.29, 1.82) is 0 Å². The summed E-state index contributed by atoms with van der Waals surface area (Å²) in [5.74, 6) is -2.91. The maximum absolute atomic E-state index is 12.2. The minimum Gasteiger partial charge on any atom is -0.462 e. The Balaban J connectivity index is 1.96. The quantitative estimate of drug-likeness (QED) is 0.283. The van der Waals surface area contributed by atoms with Crippen LogP contribution in [-0.4, -0.2) is 55.8 Å². The molecule has 0 saturated heterocycles. The number of carbonyl (C=O) groups is 5. The van der Waals surface area contributed by atoms with E-state index >= 15 is 0 Å². The number of ether oxygens (including phenoxy) is 5. The van der Waals surface area contributed by atoms with Crippen LogP contribution in [0.5, 0.6) is 0 Å². The van der Waals surface area contributed by atoms with Crippen molar-refractivity contribution in [2.75, 3.05) is 19.8 Å². The van der Waals surface area contributed by atoms with Crippen LogP contribution in [0.25, 0.3) is 0 Å². The first-order valence-corrected chi connectivity index (χ1v) is 10.4. The monoisotopic (exact) mass is 464 g/mol. The van der Waals surface area contributed by atoms with Crippen LogP contribution in [0, 0.1) is 11.8 Å². The molecule has 0 spiro atoms. The summed E-state index contributed by atoms with van der Waals surface area (Å²) in [6.07, 6.45) is 3.22. The Morgan fingerprint density at radius 1 is 0.909 bits per heavy atom. The van der Waals surface area contributed by atoms with Gasteiger partial charge in [0.25, 0.3) is 0 Å². The van der Waals surface area contributed by atoms with E-state index < -0.39 is 36.1 Å². The van der Waals surface area contributed by atoms with Crippen LogP contribution in [0.2, 0.25) is 0 Å². The van der Waals surface area contributed by atoms with Crippen molar-refractivity contribution in [1.82, 2.24) is 0 Å². The minimum atomic E-state index is -0.961. The molecule has 0 amide bonds. The van der Waals surface area contributed by atoms with Gasteiger partial charge in [0.15, 0.2) is 0 Å². The van der Waals surface area contributed by atoms with E-state index in [-0.39, 0.29) is 44.4 Å². The highest BCUT2D eigenvalue weighted by Gasteiger charge is 2.45. The molecule has 1 fully saturated rings. The van der Waals surface area contributed by atoms with E-state index in [1.54, 1.807) is 13.8 Å². The van der Waals surface area contributed by atoms with Crippen LogP contribution >= 0.6 is 0 Å². The van der Waals surface area contributed by atoms with Crippen LogP contribution in [0.15, 0.2) is 35.1 Å². The summed E-state index contributed by atoms with van der Waals surface area (Å²) in [7, 11) is 0. The lowest BCUT2D eigenvalue weighted by Crippen LogP contribution is -2.35. The predicted molar refractivity (Wildman–Crippen MR) is 112 cm³/mol. The number of fused-ring (bicyclic) bond motifs is 1. The first kappa shape index (κ1) is 25.8. The second-order valence-corrected chi connectivity index (χ2v) is 8.00. The molecule has 1 saturated carbocycles. The van der Waals surface area contributed by atoms with E-state index in [0.29, 0.717) is 16.7 Å². The highest BCUT2D eigenvalue weighted by molar-refractivity contribution is 5.84. The predicted octanol–water partition coefficient (Wildman–Crippen LogP) is 1.93. The molecule has 10 nitrogen and oxygen atoms in total. The van der Waals surface area contributed by atoms with Gasteiger partial charge in [-0.25, -0.2) is 9.59 Å². The zero-order valence-corrected chi connectivity index (χ0v) is 19.1. The average molecular weight is 464 g/mol. The lowest BCUT2D eigenvalue weighted by Gasteiger charge is -2.32. The molecule has 0 aromatic carbocycles. The van der Waals surface area contributed by atoms with Gasteiger partial charge >= 0.3 is 23.9 Å². The molecular formula is C23H28O10. The highest BCUT2D eigenvalue weighted by atomic mass is 16.7. The SMILES string of the molecule is CC(=O)OC/C(C)=C/C(=O)OCC1=CO[C@@H](OC(=O)/C=C(\C)COC(C)=O)[C@@H]2CC(=O)C[C@H]12. The molecule has 2 aliphatic rings. The van der Waals surface area contributed by atoms with Crippen molar-refractivity contribution >= 4 is 29.7 Å². The van der Waals surface area contributed by atoms with Gasteiger partial charge in [0.2, 0.25) is 6.29 Å². The molecule has 3 atom stereocenters. The molecule has 0 radical (unpaired) electrons. The lowest BCUT2D eigenvalue weighted by molar-refractivity contribution is -0.179. The number of carbonyl (C=O) groups excluding carboxylic acids is 5. The van der Waals surface area contributed by atoms with Gasteiger partial charge in [-0.2, -0.15) is 0 Å². The third-order valence-electron chi connectivity index (χ3n) is 4.96. The maximum Gasteiger partial charge on any atom is 0.333 e. The Bertz CT molecular complexity index is 895. The Hall–Kier alpha value is -3.43. The standard InChI is InChI=1S/C23H28O10/c1-13(9-29-15(3)24)5-21(27)31-11-17-12-32-23(20-8-18(26)7-19(17)20)33-22(28)6-14(2)10-30-16(4)25/h5-6,12,19-20,23H,7-11H2,1-4H3/b13-5+,14-6+/t19-,20-,23+/m1/s1. The summed E-state index contributed by atoms with van der Waals surface area (Å²) in [6.45, 7) is 5.63. The van der Waals surface area contributed by atoms with E-state index in [1.807, 2.05) is 0 Å². The second kappa shape index (κ2) is 12.0. The summed E-state index contributed by atoms with van der Waals surface area (Å²) in [4.78, 5) is 58.0. The largest absolute Gasteiger partial charge is 0.462 e. The van der Waals surface area contributed by atoms with Crippen molar-refractivity contribution in [2.45, 2.75) is 46.8 Å². The zero-order chi connectivity index (χ0) is 24.5. The molecule has 180 valence electrons. The number of hydrogen-bond donors (Lipinski definition) is 0. The van der Waals surface area contributed by atoms with E-state index in [2.05, 4.69) is 0 Å². The third-order valence-corrected chi connectivity index (χ3v) is 4.96. The van der Waals surface area contributed by atoms with Crippen molar-refractivity contribution in [3.8, 4) is 0 Å². The zero-order valence-electron chi connectivity index (χ0n) is 19.1. The Morgan fingerprint density at radius 2 is 1.48 bits per heavy atom. The molecule has 0 aromatic rings. The number of ketones is 1. The molecule has 1 aliphatic heterocycles. The van der Waals surface area contributed by atoms with Crippen LogP contribution in [0.3, 0.4) is 0 Å². The summed E-state index contributed by atoms with van der Waals surface area (Å²) >= 11 is 0. The van der Waals surface area contributed by atoms with Crippen molar-refractivity contribution in [3.05, 3.63) is 35.1 Å². The van der Waals surface area contributed by atoms with Gasteiger partial charge in [0.1, 0.15) is 25.6 Å². The van der Waals surface area contributed by atoms with Crippen LogP contribution in [0.1, 0.15) is 40.5 Å². The molecule has 0 N–H and O–H groups in total. The normalized spacial score (nSPS) is 22.5. The fourth-order valence-electron chi connectivity index (χ4n) is 3.44. The maximum atomic E-state index is 12.2. The van der Waals surface area contributed by atoms with E-state index in [4.69, 9.17) is 23.7 Å². The Morgan fingerprint density at radius 3 is 2.06 bits per heavy atom. The van der Waals surface area contributed by atoms with Crippen LogP contribution < -0.4 is 0 Å². The third kappa shape index (κ3) is 8.55. The van der Waals surface area contributed by atoms with Gasteiger partial charge in [0, 0.05) is 56.3 Å². The smallest absolute Gasteiger partial charge is 0.333 e. The topological polar surface area (TPSA) is 132 Å². The number of hydrogen-bond acceptors (Lipinski definition) is 10. The van der Waals surface area contributed by atoms with Gasteiger partial charge in [-0.3, -0.25) is 14.4 Å². The van der Waals surface area contributed by atoms with Crippen LogP contribution in [0.4, 0.5) is 0 Å². The second-order valence-electron chi connectivity index (χ2n) is 8.00. The minimum absolute atomic E-state index is 0.00696. The summed E-state index contributed by atoms with van der Waals surface area (Å²) in [6, 6.07) is 0. The Labute approximate surface area is 191 Å². The fraction of sp³-hybridized carbons (Fsp3) is 0.522. The summed E-state index contributed by atoms with van der Waals surface area (Å²) < 4.78 is 25.8. The molecule has 1 heterocycles. The van der Waals surface area contributed by atoms with Crippen molar-refractivity contribution < 1.29 is 47.7 Å². The molecule has 33 heavy (non-hydrogen) atoms. The molecule has 0 unspecified atom stereocenters. The van der Waals surface area contributed by atoms with E-state index in [1.165, 1.54) is 32.3 Å². The van der Waals surface area contributed by atoms with Gasteiger partial charge in [-0.05, 0) is 25.0 Å². The van der Waals surface area contributed by atoms with Gasteiger partial charge in [-0.15, -0.1) is 0 Å². The first-order valence-electron chi connectivity index (χ1n) is 10.4. The Kier molecular flexibility index (Phi) is 9.38. The van der Waals surface area contributed by atoms with Crippen LogP contribution in [-0.2, 0) is 47.7 Å². The van der Waals surface area contributed by atoms with Gasteiger partial charge in [-0.1, -0.05) is 0 Å². The number of Topliss-reactive ketones (excluding diaryl/α,β-unsaturated/α-hetero) is 1. The average Bonchev–Trinajstić information content (AvgIpc) is 3.12. The molecule has 0 bridgehead atoms. The highest BCUT2D eigenvalue weighted by Crippen LogP contribution is 2.41. The fourth-order valence-corrected chi connectivity index (χ4v) is 3.44. The molecule has 0 aromatic heterocycles. The summed E-state index contributed by atoms with van der Waals surface area (Å²) in [5, 5.41) is 0. The van der Waals surface area contributed by atoms with E-state index in [0.717, 1.165) is 0 Å². The summed E-state index contributed by atoms with van der Waals surface area (Å²) in [5.41, 5.74) is 1.62. The molecule has 10 heteroatoms. The van der Waals surface area contributed by atoms with Gasteiger partial charge in [0.05, 0.1) is 6.26 Å². The van der Waals surface area contributed by atoms with Crippen molar-refractivity contribution in [2.24, 2.45) is 11.8 Å². The van der Waals surface area contributed by atoms with Gasteiger partial charge < -0.3 is 23.7 Å². The van der Waals surface area contributed by atoms with E-state index in [9.17, 15) is 24.0 Å².